The van der Waals surface area contributed by atoms with Crippen molar-refractivity contribution in [3.8, 4) is 0 Å². The van der Waals surface area contributed by atoms with Crippen molar-refractivity contribution >= 4 is 53.4 Å². The molecule has 1 aliphatic heterocycles. The normalized spacial score (nSPS) is 17.6. The molecular weight excluding hydrogens is 442 g/mol. The summed E-state index contributed by atoms with van der Waals surface area (Å²) in [6.45, 7) is 2.48. The number of rotatable bonds is 4. The van der Waals surface area contributed by atoms with Gasteiger partial charge in [-0.1, -0.05) is 48.1 Å². The molecule has 8 heteroatoms. The third-order valence-corrected chi connectivity index (χ3v) is 8.93. The molecule has 2 heterocycles. The number of amides is 1. The van der Waals surface area contributed by atoms with Crippen molar-refractivity contribution in [1.29, 1.82) is 0 Å². The molecule has 4 aromatic rings. The molecule has 0 saturated carbocycles. The minimum atomic E-state index is -3.56. The van der Waals surface area contributed by atoms with Crippen LogP contribution >= 0.6 is 11.3 Å². The maximum atomic E-state index is 13.0. The molecule has 1 N–H and O–H groups in total. The summed E-state index contributed by atoms with van der Waals surface area (Å²) in [6.07, 6.45) is 2.80. The van der Waals surface area contributed by atoms with Gasteiger partial charge in [-0.05, 0) is 55.5 Å². The average Bonchev–Trinajstić information content (AvgIpc) is 3.22. The number of thiazole rings is 1. The van der Waals surface area contributed by atoms with Crippen LogP contribution in [-0.4, -0.2) is 36.2 Å². The highest BCUT2D eigenvalue weighted by molar-refractivity contribution is 7.89. The van der Waals surface area contributed by atoms with E-state index in [0.29, 0.717) is 17.2 Å². The summed E-state index contributed by atoms with van der Waals surface area (Å²) in [5, 5.41) is 5.51. The Morgan fingerprint density at radius 2 is 1.84 bits per heavy atom. The van der Waals surface area contributed by atoms with E-state index in [9.17, 15) is 13.2 Å². The monoisotopic (exact) mass is 465 g/mol. The first kappa shape index (κ1) is 21.1. The summed E-state index contributed by atoms with van der Waals surface area (Å²) in [6, 6.07) is 18.2. The molecule has 1 aromatic heterocycles. The van der Waals surface area contributed by atoms with Crippen molar-refractivity contribution in [2.24, 2.45) is 0 Å². The zero-order valence-electron chi connectivity index (χ0n) is 17.6. The summed E-state index contributed by atoms with van der Waals surface area (Å²) in [5.74, 6) is -0.316. The second-order valence-electron chi connectivity index (χ2n) is 8.09. The summed E-state index contributed by atoms with van der Waals surface area (Å²) in [7, 11) is -3.56. The highest BCUT2D eigenvalue weighted by Gasteiger charge is 2.30. The zero-order valence-corrected chi connectivity index (χ0v) is 19.2. The summed E-state index contributed by atoms with van der Waals surface area (Å²) >= 11 is 1.42. The zero-order chi connectivity index (χ0) is 22.3. The van der Waals surface area contributed by atoms with Gasteiger partial charge < -0.3 is 0 Å². The number of hydrogen-bond donors (Lipinski definition) is 1. The van der Waals surface area contributed by atoms with Gasteiger partial charge in [0.25, 0.3) is 5.91 Å². The highest BCUT2D eigenvalue weighted by Crippen LogP contribution is 2.32. The molecule has 1 saturated heterocycles. The highest BCUT2D eigenvalue weighted by atomic mass is 32.2. The number of carbonyl (C=O) groups is 1. The average molecular weight is 466 g/mol. The molecule has 1 aliphatic rings. The number of carbonyl (C=O) groups excluding carboxylic acids is 1. The minimum Gasteiger partial charge on any atom is -0.298 e. The van der Waals surface area contributed by atoms with Crippen LogP contribution in [0.2, 0.25) is 0 Å². The van der Waals surface area contributed by atoms with Gasteiger partial charge in [0.2, 0.25) is 10.0 Å². The number of hydrogen-bond acceptors (Lipinski definition) is 5. The van der Waals surface area contributed by atoms with Gasteiger partial charge in [0.1, 0.15) is 0 Å². The van der Waals surface area contributed by atoms with Gasteiger partial charge in [-0.2, -0.15) is 4.31 Å². The number of nitrogens with one attached hydrogen (secondary N) is 1. The number of fused-ring (bicyclic) bond motifs is 3. The van der Waals surface area contributed by atoms with Gasteiger partial charge in [-0.15, -0.1) is 0 Å². The fourth-order valence-electron chi connectivity index (χ4n) is 4.23. The fourth-order valence-corrected chi connectivity index (χ4v) is 6.80. The largest absolute Gasteiger partial charge is 0.298 e. The van der Waals surface area contributed by atoms with Gasteiger partial charge in [0.15, 0.2) is 5.13 Å². The van der Waals surface area contributed by atoms with Crippen LogP contribution < -0.4 is 5.32 Å². The lowest BCUT2D eigenvalue weighted by atomic mass is 10.1. The van der Waals surface area contributed by atoms with Gasteiger partial charge >= 0.3 is 0 Å². The van der Waals surface area contributed by atoms with Crippen LogP contribution in [0.4, 0.5) is 5.13 Å². The molecule has 5 rings (SSSR count). The van der Waals surface area contributed by atoms with Gasteiger partial charge in [-0.3, -0.25) is 10.1 Å². The Morgan fingerprint density at radius 3 is 2.62 bits per heavy atom. The second kappa shape index (κ2) is 8.27. The first-order valence-electron chi connectivity index (χ1n) is 10.6. The molecule has 164 valence electrons. The van der Waals surface area contributed by atoms with Crippen molar-refractivity contribution in [3.05, 3.63) is 66.2 Å². The number of piperidine rings is 1. The van der Waals surface area contributed by atoms with Crippen molar-refractivity contribution in [1.82, 2.24) is 9.29 Å². The van der Waals surface area contributed by atoms with E-state index >= 15 is 0 Å². The maximum Gasteiger partial charge on any atom is 0.257 e. The quantitative estimate of drug-likeness (QED) is 0.446. The first-order valence-corrected chi connectivity index (χ1v) is 12.9. The Morgan fingerprint density at radius 1 is 1.06 bits per heavy atom. The van der Waals surface area contributed by atoms with E-state index in [1.165, 1.54) is 23.5 Å². The number of nitrogens with zero attached hydrogens (tertiary/aromatic N) is 2. The SMILES string of the molecule is CC1CCCCN1S(=O)(=O)c1ccc(C(=O)Nc2nc3c(ccc4ccccc43)s2)cc1. The number of sulfonamides is 1. The van der Waals surface area contributed by atoms with Crippen LogP contribution in [0.25, 0.3) is 21.0 Å². The molecule has 3 aromatic carbocycles. The molecule has 0 aliphatic carbocycles. The molecule has 0 spiro atoms. The standard InChI is InChI=1S/C24H23N3O3S2/c1-16-6-4-5-15-27(16)32(29,30)19-12-9-18(10-13-19)23(28)26-24-25-22-20-8-3-2-7-17(20)11-14-21(22)31-24/h2-3,7-14,16H,4-6,15H2,1H3,(H,25,26,28). The Bertz CT molecular complexity index is 1410. The van der Waals surface area contributed by atoms with E-state index in [1.807, 2.05) is 43.3 Å². The Hall–Kier alpha value is -2.81. The predicted molar refractivity (Wildman–Crippen MR) is 129 cm³/mol. The summed E-state index contributed by atoms with van der Waals surface area (Å²) in [4.78, 5) is 17.6. The third kappa shape index (κ3) is 3.79. The van der Waals surface area contributed by atoms with Crippen molar-refractivity contribution < 1.29 is 13.2 Å². The second-order valence-corrected chi connectivity index (χ2v) is 11.0. The smallest absolute Gasteiger partial charge is 0.257 e. The van der Waals surface area contributed by atoms with Crippen LogP contribution in [0.3, 0.4) is 0 Å². The van der Waals surface area contributed by atoms with E-state index in [1.54, 1.807) is 16.4 Å². The van der Waals surface area contributed by atoms with E-state index < -0.39 is 10.0 Å². The van der Waals surface area contributed by atoms with Crippen LogP contribution in [-0.2, 0) is 10.0 Å². The Labute approximate surface area is 190 Å². The van der Waals surface area contributed by atoms with Gasteiger partial charge in [0, 0.05) is 23.5 Å². The maximum absolute atomic E-state index is 13.0. The van der Waals surface area contributed by atoms with Crippen LogP contribution in [0, 0.1) is 0 Å². The van der Waals surface area contributed by atoms with Crippen molar-refractivity contribution in [2.75, 3.05) is 11.9 Å². The molecule has 0 radical (unpaired) electrons. The molecule has 1 unspecified atom stereocenters. The lowest BCUT2D eigenvalue weighted by Crippen LogP contribution is -2.41. The van der Waals surface area contributed by atoms with Crippen LogP contribution in [0.1, 0.15) is 36.5 Å². The Balaban J connectivity index is 1.37. The van der Waals surface area contributed by atoms with Crippen molar-refractivity contribution in [3.63, 3.8) is 0 Å². The number of aromatic nitrogens is 1. The van der Waals surface area contributed by atoms with Gasteiger partial charge in [-0.25, -0.2) is 13.4 Å². The fraction of sp³-hybridized carbons (Fsp3) is 0.250. The van der Waals surface area contributed by atoms with Gasteiger partial charge in [0.05, 0.1) is 15.1 Å². The molecule has 1 atom stereocenters. The molecule has 32 heavy (non-hydrogen) atoms. The lowest BCUT2D eigenvalue weighted by Gasteiger charge is -2.32. The predicted octanol–water partition coefficient (Wildman–Crippen LogP) is 5.26. The number of anilines is 1. The number of benzene rings is 3. The van der Waals surface area contributed by atoms with E-state index in [4.69, 9.17) is 0 Å². The molecule has 6 nitrogen and oxygen atoms in total. The first-order chi connectivity index (χ1) is 15.4. The molecular formula is C24H23N3O3S2. The third-order valence-electron chi connectivity index (χ3n) is 5.97. The van der Waals surface area contributed by atoms with E-state index in [-0.39, 0.29) is 16.8 Å². The van der Waals surface area contributed by atoms with E-state index in [0.717, 1.165) is 40.3 Å². The minimum absolute atomic E-state index is 0.00755. The van der Waals surface area contributed by atoms with Crippen LogP contribution in [0.15, 0.2) is 65.6 Å². The Kier molecular flexibility index (Phi) is 5.44. The molecule has 1 amide bonds. The van der Waals surface area contributed by atoms with Crippen LogP contribution in [0.5, 0.6) is 0 Å². The lowest BCUT2D eigenvalue weighted by molar-refractivity contribution is 0.102. The summed E-state index contributed by atoms with van der Waals surface area (Å²) in [5.41, 5.74) is 1.25. The molecule has 0 bridgehead atoms. The summed E-state index contributed by atoms with van der Waals surface area (Å²) < 4.78 is 28.5. The van der Waals surface area contributed by atoms with E-state index in [2.05, 4.69) is 10.3 Å². The topological polar surface area (TPSA) is 79.4 Å². The van der Waals surface area contributed by atoms with Crippen molar-refractivity contribution in [2.45, 2.75) is 37.1 Å². The molecule has 1 fully saturated rings.